The molecule has 4 aromatic carbocycles. The van der Waals surface area contributed by atoms with Gasteiger partial charge in [-0.2, -0.15) is 0 Å². The van der Waals surface area contributed by atoms with Crippen molar-refractivity contribution < 1.29 is 0 Å². The molecule has 8 rings (SSSR count). The van der Waals surface area contributed by atoms with E-state index in [0.717, 1.165) is 49.9 Å². The Balaban J connectivity index is 1.34. The molecule has 0 spiro atoms. The number of fused-ring (bicyclic) bond motifs is 4. The minimum atomic E-state index is 0.894. The predicted molar refractivity (Wildman–Crippen MR) is 165 cm³/mol. The van der Waals surface area contributed by atoms with E-state index in [-0.39, 0.29) is 0 Å². The first-order chi connectivity index (χ1) is 19.7. The van der Waals surface area contributed by atoms with Crippen LogP contribution in [-0.4, -0.2) is 24.1 Å². The molecule has 0 N–H and O–H groups in total. The lowest BCUT2D eigenvalue weighted by Crippen LogP contribution is -1.98. The lowest BCUT2D eigenvalue weighted by atomic mass is 10.0. The Bertz CT molecular complexity index is 2170. The zero-order chi connectivity index (χ0) is 26.6. The van der Waals surface area contributed by atoms with Crippen molar-refractivity contribution in [3.8, 4) is 38.9 Å². The number of hydrogen-bond donors (Lipinski definition) is 0. The molecule has 8 aromatic rings. The molecule has 0 fully saturated rings. The number of rotatable bonds is 4. The van der Waals surface area contributed by atoms with Crippen molar-refractivity contribution in [2.45, 2.75) is 0 Å². The fourth-order valence-corrected chi connectivity index (χ4v) is 6.57. The van der Waals surface area contributed by atoms with E-state index in [1.165, 1.54) is 21.0 Å². The monoisotopic (exact) mass is 533 g/mol. The summed E-state index contributed by atoms with van der Waals surface area (Å²) in [6.45, 7) is 0. The van der Waals surface area contributed by atoms with Gasteiger partial charge in [-0.05, 0) is 48.5 Å². The second-order valence-electron chi connectivity index (χ2n) is 9.88. The topological polar surface area (TPSA) is 48.5 Å². The standard InChI is InChI=1S/C34H23N5S/c1-38-19-18-36-33(38)27-11-7-17-35-32(27)22-8-6-9-24(20-22)39-29-13-4-2-10-25(29)26-16-15-23(21-30(26)39)34-37-28-12-3-5-14-31(28)40-34/h2-21H,1H3. The van der Waals surface area contributed by atoms with Gasteiger partial charge in [0.25, 0.3) is 0 Å². The first-order valence-corrected chi connectivity index (χ1v) is 14.0. The summed E-state index contributed by atoms with van der Waals surface area (Å²) in [5, 5.41) is 3.48. The van der Waals surface area contributed by atoms with Crippen LogP contribution in [0.15, 0.2) is 122 Å². The van der Waals surface area contributed by atoms with E-state index in [1.54, 1.807) is 11.3 Å². The number of nitrogens with zero attached hydrogens (tertiary/aromatic N) is 5. The summed E-state index contributed by atoms with van der Waals surface area (Å²) in [5.41, 5.74) is 8.53. The fraction of sp³-hybridized carbons (Fsp3) is 0.0294. The van der Waals surface area contributed by atoms with E-state index in [0.29, 0.717) is 0 Å². The van der Waals surface area contributed by atoms with Crippen LogP contribution < -0.4 is 0 Å². The number of para-hydroxylation sites is 2. The van der Waals surface area contributed by atoms with Gasteiger partial charge < -0.3 is 9.13 Å². The number of aromatic nitrogens is 5. The molecule has 0 amide bonds. The third-order valence-electron chi connectivity index (χ3n) is 7.46. The lowest BCUT2D eigenvalue weighted by molar-refractivity contribution is 0.924. The summed E-state index contributed by atoms with van der Waals surface area (Å²) in [6, 6.07) is 36.3. The van der Waals surface area contributed by atoms with Crippen molar-refractivity contribution in [3.63, 3.8) is 0 Å². The van der Waals surface area contributed by atoms with Crippen LogP contribution in [0.3, 0.4) is 0 Å². The third kappa shape index (κ3) is 3.57. The van der Waals surface area contributed by atoms with Gasteiger partial charge in [-0.25, -0.2) is 9.97 Å². The molecule has 0 aliphatic carbocycles. The van der Waals surface area contributed by atoms with E-state index in [2.05, 4.69) is 101 Å². The second-order valence-corrected chi connectivity index (χ2v) is 10.9. The van der Waals surface area contributed by atoms with Crippen molar-refractivity contribution in [2.75, 3.05) is 0 Å². The lowest BCUT2D eigenvalue weighted by Gasteiger charge is -2.12. The molecule has 0 radical (unpaired) electrons. The highest BCUT2D eigenvalue weighted by Gasteiger charge is 2.17. The number of thiazole rings is 1. The summed E-state index contributed by atoms with van der Waals surface area (Å²) < 4.78 is 5.58. The zero-order valence-corrected chi connectivity index (χ0v) is 22.5. The second kappa shape index (κ2) is 9.00. The maximum absolute atomic E-state index is 4.93. The average Bonchev–Trinajstić information content (AvgIpc) is 3.72. The molecule has 0 atom stereocenters. The molecule has 190 valence electrons. The van der Waals surface area contributed by atoms with Crippen molar-refractivity contribution in [2.24, 2.45) is 7.05 Å². The smallest absolute Gasteiger partial charge is 0.141 e. The van der Waals surface area contributed by atoms with Crippen LogP contribution in [0.4, 0.5) is 0 Å². The van der Waals surface area contributed by atoms with Crippen molar-refractivity contribution in [1.82, 2.24) is 24.1 Å². The highest BCUT2D eigenvalue weighted by Crippen LogP contribution is 2.38. The molecular formula is C34H23N5S. The number of imidazole rings is 1. The summed E-state index contributed by atoms with van der Waals surface area (Å²) in [6.07, 6.45) is 5.63. The minimum Gasteiger partial charge on any atom is -0.334 e. The Kier molecular flexibility index (Phi) is 5.15. The molecule has 0 saturated carbocycles. The Morgan fingerprint density at radius 2 is 1.55 bits per heavy atom. The number of hydrogen-bond acceptors (Lipinski definition) is 4. The molecule has 0 aliphatic heterocycles. The zero-order valence-electron chi connectivity index (χ0n) is 21.7. The maximum atomic E-state index is 4.93. The van der Waals surface area contributed by atoms with E-state index >= 15 is 0 Å². The van der Waals surface area contributed by atoms with Gasteiger partial charge in [-0.1, -0.05) is 54.6 Å². The van der Waals surface area contributed by atoms with Crippen molar-refractivity contribution in [1.29, 1.82) is 0 Å². The van der Waals surface area contributed by atoms with E-state index in [4.69, 9.17) is 9.97 Å². The van der Waals surface area contributed by atoms with E-state index in [9.17, 15) is 0 Å². The maximum Gasteiger partial charge on any atom is 0.141 e. The summed E-state index contributed by atoms with van der Waals surface area (Å²) in [7, 11) is 2.01. The molecule has 4 heterocycles. The van der Waals surface area contributed by atoms with Crippen LogP contribution in [0.5, 0.6) is 0 Å². The molecule has 5 nitrogen and oxygen atoms in total. The largest absolute Gasteiger partial charge is 0.334 e. The molecule has 0 aliphatic rings. The Morgan fingerprint density at radius 3 is 2.45 bits per heavy atom. The van der Waals surface area contributed by atoms with Crippen LogP contribution in [0.2, 0.25) is 0 Å². The Hall–Kier alpha value is -5.07. The van der Waals surface area contributed by atoms with Gasteiger partial charge in [0.15, 0.2) is 0 Å². The van der Waals surface area contributed by atoms with Gasteiger partial charge in [-0.3, -0.25) is 4.98 Å². The molecule has 6 heteroatoms. The van der Waals surface area contributed by atoms with Gasteiger partial charge in [0.2, 0.25) is 0 Å². The van der Waals surface area contributed by atoms with Gasteiger partial charge in [0.05, 0.1) is 26.9 Å². The first-order valence-electron chi connectivity index (χ1n) is 13.2. The normalized spacial score (nSPS) is 11.6. The molecule has 0 unspecified atom stereocenters. The quantitative estimate of drug-likeness (QED) is 0.228. The van der Waals surface area contributed by atoms with E-state index in [1.807, 2.05) is 42.3 Å². The molecular weight excluding hydrogens is 510 g/mol. The Labute approximate surface area is 234 Å². The molecule has 4 aromatic heterocycles. The van der Waals surface area contributed by atoms with Crippen molar-refractivity contribution >= 4 is 43.4 Å². The van der Waals surface area contributed by atoms with Crippen molar-refractivity contribution in [3.05, 3.63) is 122 Å². The van der Waals surface area contributed by atoms with Crippen LogP contribution in [0.1, 0.15) is 0 Å². The molecule has 40 heavy (non-hydrogen) atoms. The van der Waals surface area contributed by atoms with Gasteiger partial charge in [0, 0.05) is 58.8 Å². The minimum absolute atomic E-state index is 0.894. The summed E-state index contributed by atoms with van der Waals surface area (Å²) >= 11 is 1.73. The predicted octanol–water partition coefficient (Wildman–Crippen LogP) is 8.52. The summed E-state index contributed by atoms with van der Waals surface area (Å²) in [4.78, 5) is 14.3. The average molecular weight is 534 g/mol. The SMILES string of the molecule is Cn1ccnc1-c1cccnc1-c1cccc(-n2c3ccccc3c3ccc(-c4nc5ccccc5s4)cc32)c1. The Morgan fingerprint density at radius 1 is 0.675 bits per heavy atom. The molecule has 0 bridgehead atoms. The molecule has 0 saturated heterocycles. The van der Waals surface area contributed by atoms with Gasteiger partial charge >= 0.3 is 0 Å². The number of pyridine rings is 1. The third-order valence-corrected chi connectivity index (χ3v) is 8.55. The fourth-order valence-electron chi connectivity index (χ4n) is 5.61. The van der Waals surface area contributed by atoms with Crippen LogP contribution in [-0.2, 0) is 7.05 Å². The first kappa shape index (κ1) is 22.9. The van der Waals surface area contributed by atoms with Crippen LogP contribution in [0.25, 0.3) is 70.9 Å². The summed E-state index contributed by atoms with van der Waals surface area (Å²) in [5.74, 6) is 0.894. The van der Waals surface area contributed by atoms with Crippen LogP contribution >= 0.6 is 11.3 Å². The van der Waals surface area contributed by atoms with Gasteiger partial charge in [0.1, 0.15) is 10.8 Å². The van der Waals surface area contributed by atoms with E-state index < -0.39 is 0 Å². The van der Waals surface area contributed by atoms with Gasteiger partial charge in [-0.15, -0.1) is 11.3 Å². The number of benzene rings is 4. The van der Waals surface area contributed by atoms with Crippen LogP contribution in [0, 0.1) is 0 Å². The number of aryl methyl sites for hydroxylation is 1. The highest BCUT2D eigenvalue weighted by molar-refractivity contribution is 7.21. The highest BCUT2D eigenvalue weighted by atomic mass is 32.1.